The van der Waals surface area contributed by atoms with Gasteiger partial charge in [0.2, 0.25) is 11.7 Å². The molecule has 1 aliphatic rings. The van der Waals surface area contributed by atoms with E-state index in [0.29, 0.717) is 22.7 Å². The number of benzene rings is 2. The molecule has 0 aromatic heterocycles. The van der Waals surface area contributed by atoms with Crippen molar-refractivity contribution in [2.75, 3.05) is 31.8 Å². The molecule has 0 saturated heterocycles. The van der Waals surface area contributed by atoms with Crippen LogP contribution in [0.3, 0.4) is 0 Å². The predicted molar refractivity (Wildman–Crippen MR) is 97.2 cm³/mol. The van der Waals surface area contributed by atoms with Crippen LogP contribution in [0, 0.1) is 0 Å². The summed E-state index contributed by atoms with van der Waals surface area (Å²) >= 11 is 0. The molecule has 0 atom stereocenters. The Kier molecular flexibility index (Phi) is 5.71. The molecule has 1 heterocycles. The zero-order chi connectivity index (χ0) is 19.2. The van der Waals surface area contributed by atoms with Gasteiger partial charge in [-0.3, -0.25) is 19.3 Å². The predicted octanol–water partition coefficient (Wildman–Crippen LogP) is 2.24. The smallest absolute Gasteiger partial charge is 0.326 e. The number of hydrogen-bond donors (Lipinski definition) is 0. The number of nitrogens with zero attached hydrogens (tertiary/aromatic N) is 1. The molecule has 2 aromatic carbocycles. The Morgan fingerprint density at radius 3 is 2.67 bits per heavy atom. The van der Waals surface area contributed by atoms with Crippen LogP contribution in [0.1, 0.15) is 16.8 Å². The third-order valence-corrected chi connectivity index (χ3v) is 4.09. The normalized spacial score (nSPS) is 13.2. The summed E-state index contributed by atoms with van der Waals surface area (Å²) < 4.78 is 15.7. The zero-order valence-electron chi connectivity index (χ0n) is 14.8. The van der Waals surface area contributed by atoms with Gasteiger partial charge in [0.1, 0.15) is 18.0 Å². The van der Waals surface area contributed by atoms with E-state index in [4.69, 9.17) is 14.2 Å². The minimum atomic E-state index is -0.677. The van der Waals surface area contributed by atoms with Crippen LogP contribution in [-0.2, 0) is 14.3 Å². The molecule has 1 aliphatic heterocycles. The number of Topliss-reactive ketones (excluding diaryl/α,β-unsaturated/α-hetero) is 1. The number of para-hydroxylation sites is 3. The Hall–Kier alpha value is -3.35. The molecule has 7 heteroatoms. The molecule has 27 heavy (non-hydrogen) atoms. The van der Waals surface area contributed by atoms with Crippen LogP contribution in [0.5, 0.6) is 11.5 Å². The lowest BCUT2D eigenvalue weighted by atomic mass is 10.1. The molecule has 0 N–H and O–H groups in total. The van der Waals surface area contributed by atoms with E-state index in [2.05, 4.69) is 0 Å². The highest BCUT2D eigenvalue weighted by Crippen LogP contribution is 2.30. The van der Waals surface area contributed by atoms with Crippen LogP contribution in [-0.4, -0.2) is 44.5 Å². The second-order valence-corrected chi connectivity index (χ2v) is 5.83. The number of hydrogen-bond acceptors (Lipinski definition) is 6. The number of amides is 1. The fourth-order valence-corrected chi connectivity index (χ4v) is 2.77. The summed E-state index contributed by atoms with van der Waals surface area (Å²) in [6.07, 6.45) is 0.155. The van der Waals surface area contributed by atoms with E-state index in [-0.39, 0.29) is 31.3 Å². The number of fused-ring (bicyclic) bond motifs is 1. The Morgan fingerprint density at radius 2 is 1.85 bits per heavy atom. The molecule has 0 spiro atoms. The van der Waals surface area contributed by atoms with Gasteiger partial charge in [-0.2, -0.15) is 0 Å². The van der Waals surface area contributed by atoms with Crippen molar-refractivity contribution >= 4 is 23.3 Å². The van der Waals surface area contributed by atoms with E-state index >= 15 is 0 Å². The van der Waals surface area contributed by atoms with Crippen LogP contribution in [0.25, 0.3) is 0 Å². The van der Waals surface area contributed by atoms with Gasteiger partial charge in [-0.1, -0.05) is 24.3 Å². The summed E-state index contributed by atoms with van der Waals surface area (Å²) in [5.41, 5.74) is 0.838. The van der Waals surface area contributed by atoms with Gasteiger partial charge in [0.05, 0.1) is 31.4 Å². The molecule has 2 aromatic rings. The van der Waals surface area contributed by atoms with Crippen molar-refractivity contribution < 1.29 is 28.6 Å². The topological polar surface area (TPSA) is 82.1 Å². The van der Waals surface area contributed by atoms with E-state index in [1.807, 2.05) is 0 Å². The average molecular weight is 369 g/mol. The van der Waals surface area contributed by atoms with Gasteiger partial charge in [-0.05, 0) is 24.3 Å². The molecule has 0 unspecified atom stereocenters. The van der Waals surface area contributed by atoms with E-state index in [9.17, 15) is 14.4 Å². The van der Waals surface area contributed by atoms with Gasteiger partial charge in [0.15, 0.2) is 6.61 Å². The van der Waals surface area contributed by atoms with Gasteiger partial charge >= 0.3 is 5.97 Å². The van der Waals surface area contributed by atoms with Crippen LogP contribution in [0.4, 0.5) is 5.69 Å². The number of ketones is 1. The highest BCUT2D eigenvalue weighted by atomic mass is 16.5. The SMILES string of the molecule is COc1ccccc1C(=O)COC(=O)CN1C(=O)CCOc2ccccc21. The van der Waals surface area contributed by atoms with Crippen LogP contribution in [0.2, 0.25) is 0 Å². The second-order valence-electron chi connectivity index (χ2n) is 5.83. The molecule has 0 fully saturated rings. The number of anilines is 1. The van der Waals surface area contributed by atoms with Gasteiger partial charge < -0.3 is 14.2 Å². The molecule has 7 nitrogen and oxygen atoms in total. The van der Waals surface area contributed by atoms with Crippen molar-refractivity contribution in [2.45, 2.75) is 6.42 Å². The summed E-state index contributed by atoms with van der Waals surface area (Å²) in [6.45, 7) is -0.481. The van der Waals surface area contributed by atoms with Crippen LogP contribution >= 0.6 is 0 Å². The number of ether oxygens (including phenoxy) is 3. The number of carbonyl (C=O) groups excluding carboxylic acids is 3. The largest absolute Gasteiger partial charge is 0.496 e. The first-order chi connectivity index (χ1) is 13.1. The number of esters is 1. The quantitative estimate of drug-likeness (QED) is 0.574. The molecule has 1 amide bonds. The fraction of sp³-hybridized carbons (Fsp3) is 0.250. The van der Waals surface area contributed by atoms with Crippen molar-refractivity contribution in [3.05, 3.63) is 54.1 Å². The van der Waals surface area contributed by atoms with Crippen molar-refractivity contribution in [2.24, 2.45) is 0 Å². The lowest BCUT2D eigenvalue weighted by molar-refractivity contribution is -0.141. The standard InChI is InChI=1S/C20H19NO6/c1-25-17-8-4-2-6-14(17)16(22)13-27-20(24)12-21-15-7-3-5-9-18(15)26-11-10-19(21)23/h2-9H,10-13H2,1H3. The molecule has 0 bridgehead atoms. The monoisotopic (exact) mass is 369 g/mol. The molecular formula is C20H19NO6. The Balaban J connectivity index is 1.65. The van der Waals surface area contributed by atoms with Crippen molar-refractivity contribution in [1.82, 2.24) is 0 Å². The lowest BCUT2D eigenvalue weighted by Gasteiger charge is -2.20. The molecule has 3 rings (SSSR count). The summed E-state index contributed by atoms with van der Waals surface area (Å²) in [5.74, 6) is -0.364. The van der Waals surface area contributed by atoms with Crippen molar-refractivity contribution in [3.63, 3.8) is 0 Å². The molecular weight excluding hydrogens is 350 g/mol. The second kappa shape index (κ2) is 8.35. The van der Waals surface area contributed by atoms with E-state index in [1.165, 1.54) is 12.0 Å². The minimum Gasteiger partial charge on any atom is -0.496 e. The minimum absolute atomic E-state index is 0.155. The maximum absolute atomic E-state index is 12.3. The Bertz CT molecular complexity index is 863. The van der Waals surface area contributed by atoms with E-state index in [0.717, 1.165) is 0 Å². The maximum atomic E-state index is 12.3. The van der Waals surface area contributed by atoms with Gasteiger partial charge in [0.25, 0.3) is 0 Å². The van der Waals surface area contributed by atoms with E-state index < -0.39 is 12.6 Å². The summed E-state index contributed by atoms with van der Waals surface area (Å²) in [7, 11) is 1.46. The Morgan fingerprint density at radius 1 is 1.11 bits per heavy atom. The average Bonchev–Trinajstić information content (AvgIpc) is 2.85. The first-order valence-corrected chi connectivity index (χ1v) is 8.44. The third-order valence-electron chi connectivity index (χ3n) is 4.09. The van der Waals surface area contributed by atoms with Crippen LogP contribution < -0.4 is 14.4 Å². The number of carbonyl (C=O) groups is 3. The maximum Gasteiger partial charge on any atom is 0.326 e. The van der Waals surface area contributed by atoms with Crippen molar-refractivity contribution in [3.8, 4) is 11.5 Å². The highest BCUT2D eigenvalue weighted by molar-refractivity contribution is 6.02. The molecule has 140 valence electrons. The Labute approximate surface area is 156 Å². The third kappa shape index (κ3) is 4.25. The summed E-state index contributed by atoms with van der Waals surface area (Å²) in [6, 6.07) is 13.7. The van der Waals surface area contributed by atoms with Crippen LogP contribution in [0.15, 0.2) is 48.5 Å². The molecule has 0 aliphatic carbocycles. The summed E-state index contributed by atoms with van der Waals surface area (Å²) in [5, 5.41) is 0. The fourth-order valence-electron chi connectivity index (χ4n) is 2.77. The highest BCUT2D eigenvalue weighted by Gasteiger charge is 2.26. The van der Waals surface area contributed by atoms with Gasteiger partial charge in [0, 0.05) is 0 Å². The number of methoxy groups -OCH3 is 1. The summed E-state index contributed by atoms with van der Waals surface area (Å²) in [4.78, 5) is 38.1. The van der Waals surface area contributed by atoms with Gasteiger partial charge in [-0.25, -0.2) is 0 Å². The van der Waals surface area contributed by atoms with Gasteiger partial charge in [-0.15, -0.1) is 0 Å². The molecule has 0 radical (unpaired) electrons. The lowest BCUT2D eigenvalue weighted by Crippen LogP contribution is -2.36. The van der Waals surface area contributed by atoms with E-state index in [1.54, 1.807) is 48.5 Å². The van der Waals surface area contributed by atoms with Crippen molar-refractivity contribution in [1.29, 1.82) is 0 Å². The molecule has 0 saturated carbocycles. The first kappa shape index (κ1) is 18.4. The first-order valence-electron chi connectivity index (χ1n) is 8.44. The zero-order valence-corrected chi connectivity index (χ0v) is 14.8. The number of rotatable bonds is 6.